The molecule has 88 valence electrons. The van der Waals surface area contributed by atoms with Gasteiger partial charge in [0, 0.05) is 16.9 Å². The topological polar surface area (TPSA) is 32.3 Å². The van der Waals surface area contributed by atoms with E-state index >= 15 is 0 Å². The third-order valence-corrected chi connectivity index (χ3v) is 4.37. The van der Waals surface area contributed by atoms with Crippen LogP contribution in [0.4, 0.5) is 0 Å². The average molecular weight is 237 g/mol. The number of aryl methyl sites for hydroxylation is 1. The highest BCUT2D eigenvalue weighted by Crippen LogP contribution is 2.44. The summed E-state index contributed by atoms with van der Waals surface area (Å²) in [5.74, 6) is 0.419. The van der Waals surface area contributed by atoms with Gasteiger partial charge in [0.2, 0.25) is 0 Å². The second-order valence-electron chi connectivity index (χ2n) is 4.89. The van der Waals surface area contributed by atoms with E-state index in [4.69, 9.17) is 0 Å². The van der Waals surface area contributed by atoms with Crippen molar-refractivity contribution in [3.8, 4) is 5.75 Å². The van der Waals surface area contributed by atoms with E-state index in [9.17, 15) is 5.11 Å². The third-order valence-electron chi connectivity index (χ3n) is 2.94. The number of hydrogen-bond donors (Lipinski definition) is 2. The molecule has 0 aliphatic carbocycles. The molecule has 1 saturated heterocycles. The molecule has 1 aliphatic rings. The Hall–Kier alpha value is -0.670. The van der Waals surface area contributed by atoms with Gasteiger partial charge in [0.15, 0.2) is 0 Å². The SMILES string of the molecule is CCc1ccc(C2NCC(C)(C)S2)c(O)c1. The van der Waals surface area contributed by atoms with Crippen LogP contribution in [-0.4, -0.2) is 16.4 Å². The molecule has 0 spiro atoms. The summed E-state index contributed by atoms with van der Waals surface area (Å²) in [5.41, 5.74) is 2.19. The van der Waals surface area contributed by atoms with Crippen LogP contribution in [0, 0.1) is 0 Å². The van der Waals surface area contributed by atoms with E-state index in [0.29, 0.717) is 5.75 Å². The maximum atomic E-state index is 10.00. The first-order valence-electron chi connectivity index (χ1n) is 5.75. The lowest BCUT2D eigenvalue weighted by Crippen LogP contribution is -2.21. The Labute approximate surface area is 101 Å². The van der Waals surface area contributed by atoms with Crippen LogP contribution in [-0.2, 0) is 6.42 Å². The van der Waals surface area contributed by atoms with Crippen LogP contribution in [0.25, 0.3) is 0 Å². The molecule has 1 unspecified atom stereocenters. The summed E-state index contributed by atoms with van der Waals surface area (Å²) in [6.07, 6.45) is 0.963. The van der Waals surface area contributed by atoms with Crippen molar-refractivity contribution in [2.75, 3.05) is 6.54 Å². The molecule has 2 rings (SSSR count). The van der Waals surface area contributed by atoms with Gasteiger partial charge in [-0.15, -0.1) is 11.8 Å². The van der Waals surface area contributed by atoms with Crippen LogP contribution >= 0.6 is 11.8 Å². The highest BCUT2D eigenvalue weighted by Gasteiger charge is 2.33. The minimum Gasteiger partial charge on any atom is -0.508 e. The Bertz CT molecular complexity index is 390. The van der Waals surface area contributed by atoms with Crippen molar-refractivity contribution in [2.24, 2.45) is 0 Å². The van der Waals surface area contributed by atoms with Crippen LogP contribution in [0.2, 0.25) is 0 Å². The van der Waals surface area contributed by atoms with Gasteiger partial charge in [-0.3, -0.25) is 0 Å². The smallest absolute Gasteiger partial charge is 0.121 e. The van der Waals surface area contributed by atoms with E-state index in [1.807, 2.05) is 23.9 Å². The Morgan fingerprint density at radius 1 is 1.50 bits per heavy atom. The minimum absolute atomic E-state index is 0.223. The van der Waals surface area contributed by atoms with Gasteiger partial charge in [-0.05, 0) is 31.9 Å². The van der Waals surface area contributed by atoms with Crippen molar-refractivity contribution in [2.45, 2.75) is 37.3 Å². The summed E-state index contributed by atoms with van der Waals surface area (Å²) in [7, 11) is 0. The Balaban J connectivity index is 2.22. The van der Waals surface area contributed by atoms with Gasteiger partial charge in [-0.25, -0.2) is 0 Å². The molecule has 2 N–H and O–H groups in total. The zero-order valence-corrected chi connectivity index (χ0v) is 10.9. The lowest BCUT2D eigenvalue weighted by atomic mass is 10.1. The number of hydrogen-bond acceptors (Lipinski definition) is 3. The minimum atomic E-state index is 0.223. The normalized spacial score (nSPS) is 23.6. The first-order chi connectivity index (χ1) is 7.52. The van der Waals surface area contributed by atoms with Crippen molar-refractivity contribution in [1.29, 1.82) is 0 Å². The van der Waals surface area contributed by atoms with E-state index in [1.54, 1.807) is 0 Å². The molecule has 0 saturated carbocycles. The van der Waals surface area contributed by atoms with Crippen molar-refractivity contribution in [3.05, 3.63) is 29.3 Å². The number of benzene rings is 1. The second kappa shape index (κ2) is 4.30. The van der Waals surface area contributed by atoms with Crippen molar-refractivity contribution in [3.63, 3.8) is 0 Å². The van der Waals surface area contributed by atoms with Gasteiger partial charge in [0.1, 0.15) is 5.75 Å². The molecule has 1 atom stereocenters. The quantitative estimate of drug-likeness (QED) is 0.829. The zero-order chi connectivity index (χ0) is 11.8. The molecule has 16 heavy (non-hydrogen) atoms. The van der Waals surface area contributed by atoms with Gasteiger partial charge < -0.3 is 10.4 Å². The van der Waals surface area contributed by atoms with E-state index in [0.717, 1.165) is 18.5 Å². The molecule has 0 radical (unpaired) electrons. The van der Waals surface area contributed by atoms with Crippen molar-refractivity contribution in [1.82, 2.24) is 5.32 Å². The summed E-state index contributed by atoms with van der Waals surface area (Å²) in [4.78, 5) is 0. The van der Waals surface area contributed by atoms with Crippen LogP contribution in [0.3, 0.4) is 0 Å². The average Bonchev–Trinajstić information content (AvgIpc) is 2.58. The highest BCUT2D eigenvalue weighted by atomic mass is 32.2. The monoisotopic (exact) mass is 237 g/mol. The first-order valence-corrected chi connectivity index (χ1v) is 6.63. The van der Waals surface area contributed by atoms with Crippen molar-refractivity contribution < 1.29 is 5.11 Å². The fourth-order valence-corrected chi connectivity index (χ4v) is 3.24. The molecule has 0 bridgehead atoms. The lowest BCUT2D eigenvalue weighted by Gasteiger charge is -2.16. The maximum Gasteiger partial charge on any atom is 0.121 e. The van der Waals surface area contributed by atoms with Gasteiger partial charge >= 0.3 is 0 Å². The van der Waals surface area contributed by atoms with Crippen LogP contribution in [0.15, 0.2) is 18.2 Å². The second-order valence-corrected chi connectivity index (χ2v) is 6.70. The molecular formula is C13H19NOS. The predicted octanol–water partition coefficient (Wildman–Crippen LogP) is 3.07. The summed E-state index contributed by atoms with van der Waals surface area (Å²) in [6, 6.07) is 6.02. The number of rotatable bonds is 2. The fraction of sp³-hybridized carbons (Fsp3) is 0.538. The Kier molecular flexibility index (Phi) is 3.17. The molecule has 1 heterocycles. The predicted molar refractivity (Wildman–Crippen MR) is 69.9 cm³/mol. The van der Waals surface area contributed by atoms with E-state index < -0.39 is 0 Å². The largest absolute Gasteiger partial charge is 0.508 e. The molecule has 1 aromatic rings. The van der Waals surface area contributed by atoms with E-state index in [2.05, 4.69) is 32.2 Å². The summed E-state index contributed by atoms with van der Waals surface area (Å²) in [5, 5.41) is 13.7. The maximum absolute atomic E-state index is 10.00. The molecule has 3 heteroatoms. The lowest BCUT2D eigenvalue weighted by molar-refractivity contribution is 0.464. The molecule has 1 aliphatic heterocycles. The number of aromatic hydroxyl groups is 1. The number of nitrogens with one attached hydrogen (secondary N) is 1. The van der Waals surface area contributed by atoms with Crippen LogP contribution < -0.4 is 5.32 Å². The van der Waals surface area contributed by atoms with Gasteiger partial charge in [0.05, 0.1) is 5.37 Å². The molecule has 1 fully saturated rings. The molecule has 2 nitrogen and oxygen atoms in total. The van der Waals surface area contributed by atoms with E-state index in [1.165, 1.54) is 5.56 Å². The number of phenolic OH excluding ortho intramolecular Hbond substituents is 1. The third kappa shape index (κ3) is 2.36. The van der Waals surface area contributed by atoms with Gasteiger partial charge in [-0.2, -0.15) is 0 Å². The summed E-state index contributed by atoms with van der Waals surface area (Å²) < 4.78 is 0.251. The van der Waals surface area contributed by atoms with Gasteiger partial charge in [0.25, 0.3) is 0 Å². The standard InChI is InChI=1S/C13H19NOS/c1-4-9-5-6-10(11(15)7-9)12-14-8-13(2,3)16-12/h5-7,12,14-15H,4,8H2,1-3H3. The van der Waals surface area contributed by atoms with Gasteiger partial charge in [-0.1, -0.05) is 19.1 Å². The van der Waals surface area contributed by atoms with E-state index in [-0.39, 0.29) is 10.1 Å². The summed E-state index contributed by atoms with van der Waals surface area (Å²) in [6.45, 7) is 7.53. The van der Waals surface area contributed by atoms with Crippen LogP contribution in [0.1, 0.15) is 37.3 Å². The Morgan fingerprint density at radius 2 is 2.25 bits per heavy atom. The first kappa shape index (κ1) is 11.8. The molecule has 0 amide bonds. The number of thioether (sulfide) groups is 1. The fourth-order valence-electron chi connectivity index (χ4n) is 1.95. The highest BCUT2D eigenvalue weighted by molar-refractivity contribution is 8.01. The number of phenols is 1. The van der Waals surface area contributed by atoms with Crippen molar-refractivity contribution >= 4 is 11.8 Å². The molecular weight excluding hydrogens is 218 g/mol. The molecule has 1 aromatic carbocycles. The Morgan fingerprint density at radius 3 is 2.75 bits per heavy atom. The summed E-state index contributed by atoms with van der Waals surface area (Å²) >= 11 is 1.88. The molecule has 0 aromatic heterocycles. The zero-order valence-electron chi connectivity index (χ0n) is 10.1. The van der Waals surface area contributed by atoms with Crippen LogP contribution in [0.5, 0.6) is 5.75 Å².